The summed E-state index contributed by atoms with van der Waals surface area (Å²) in [5, 5.41) is 11.9. The minimum absolute atomic E-state index is 0.0922. The molecule has 0 spiro atoms. The monoisotopic (exact) mass is 313 g/mol. The second kappa shape index (κ2) is 6.62. The van der Waals surface area contributed by atoms with Gasteiger partial charge >= 0.3 is 0 Å². The van der Waals surface area contributed by atoms with Gasteiger partial charge in [-0.2, -0.15) is 4.98 Å². The Labute approximate surface area is 133 Å². The van der Waals surface area contributed by atoms with Crippen molar-refractivity contribution in [2.45, 2.75) is 13.0 Å². The minimum atomic E-state index is -0.144. The maximum absolute atomic E-state index is 12.6. The lowest BCUT2D eigenvalue weighted by atomic mass is 10.2. The largest absolute Gasteiger partial charge is 0.396 e. The van der Waals surface area contributed by atoms with Crippen LogP contribution in [-0.2, 0) is 13.6 Å². The van der Waals surface area contributed by atoms with Crippen molar-refractivity contribution in [2.75, 3.05) is 18.5 Å². The third-order valence-corrected chi connectivity index (χ3v) is 3.67. The molecule has 0 fully saturated rings. The molecule has 0 bridgehead atoms. The van der Waals surface area contributed by atoms with Crippen molar-refractivity contribution >= 4 is 17.1 Å². The molecule has 0 aliphatic heterocycles. The number of aliphatic hydroxyl groups is 1. The zero-order chi connectivity index (χ0) is 16.2. The molecule has 0 aliphatic carbocycles. The quantitative estimate of drug-likeness (QED) is 0.663. The molecule has 7 heteroatoms. The van der Waals surface area contributed by atoms with Crippen LogP contribution in [0.5, 0.6) is 0 Å². The molecule has 2 heterocycles. The van der Waals surface area contributed by atoms with Crippen LogP contribution < -0.4 is 10.9 Å². The number of aliphatic hydroxyl groups excluding tert-OH is 1. The van der Waals surface area contributed by atoms with E-state index in [0.29, 0.717) is 36.6 Å². The molecular weight excluding hydrogens is 294 g/mol. The number of rotatable bonds is 6. The Bertz CT molecular complexity index is 854. The lowest BCUT2D eigenvalue weighted by molar-refractivity contribution is 0.292. The Morgan fingerprint density at radius 1 is 1.26 bits per heavy atom. The average molecular weight is 313 g/mol. The van der Waals surface area contributed by atoms with Gasteiger partial charge in [0.15, 0.2) is 11.2 Å². The Morgan fingerprint density at radius 2 is 2.04 bits per heavy atom. The molecule has 0 radical (unpaired) electrons. The van der Waals surface area contributed by atoms with Crippen LogP contribution in [0.1, 0.15) is 12.0 Å². The summed E-state index contributed by atoms with van der Waals surface area (Å²) in [6.45, 7) is 1.22. The van der Waals surface area contributed by atoms with Crippen LogP contribution in [0.3, 0.4) is 0 Å². The molecule has 3 aromatic rings. The van der Waals surface area contributed by atoms with Crippen LogP contribution in [0.4, 0.5) is 5.95 Å². The third kappa shape index (κ3) is 3.09. The molecule has 7 nitrogen and oxygen atoms in total. The summed E-state index contributed by atoms with van der Waals surface area (Å²) in [6.07, 6.45) is 2.24. The molecule has 3 rings (SSSR count). The van der Waals surface area contributed by atoms with Crippen molar-refractivity contribution in [1.29, 1.82) is 0 Å². The molecule has 2 aromatic heterocycles. The number of anilines is 1. The number of hydrogen-bond acceptors (Lipinski definition) is 5. The summed E-state index contributed by atoms with van der Waals surface area (Å²) in [5.41, 5.74) is 1.87. The molecule has 23 heavy (non-hydrogen) atoms. The van der Waals surface area contributed by atoms with Gasteiger partial charge in [-0.05, 0) is 12.0 Å². The van der Waals surface area contributed by atoms with Crippen molar-refractivity contribution in [1.82, 2.24) is 19.1 Å². The molecule has 1 aromatic carbocycles. The van der Waals surface area contributed by atoms with Crippen molar-refractivity contribution in [3.05, 3.63) is 52.6 Å². The predicted octanol–water partition coefficient (Wildman–Crippen LogP) is 0.973. The molecule has 2 N–H and O–H groups in total. The van der Waals surface area contributed by atoms with Gasteiger partial charge in [-0.15, -0.1) is 0 Å². The van der Waals surface area contributed by atoms with E-state index >= 15 is 0 Å². The Morgan fingerprint density at radius 3 is 2.78 bits per heavy atom. The highest BCUT2D eigenvalue weighted by Crippen LogP contribution is 2.12. The van der Waals surface area contributed by atoms with Gasteiger partial charge in [-0.1, -0.05) is 30.3 Å². The zero-order valence-corrected chi connectivity index (χ0v) is 12.9. The van der Waals surface area contributed by atoms with Gasteiger partial charge in [0.2, 0.25) is 5.95 Å². The maximum Gasteiger partial charge on any atom is 0.280 e. The standard InChI is InChI=1S/C16H19N5O2/c1-20-15(23)13-14(19-16(20)17-8-5-9-22)18-11-21(13)10-12-6-3-2-4-7-12/h2-4,6-7,11,22H,5,8-10H2,1H3,(H,17,19). The van der Waals surface area contributed by atoms with E-state index in [0.717, 1.165) is 5.56 Å². The van der Waals surface area contributed by atoms with Crippen LogP contribution >= 0.6 is 0 Å². The van der Waals surface area contributed by atoms with Crippen LogP contribution in [0.25, 0.3) is 11.2 Å². The van der Waals surface area contributed by atoms with Crippen molar-refractivity contribution in [2.24, 2.45) is 7.05 Å². The lowest BCUT2D eigenvalue weighted by Gasteiger charge is -2.10. The maximum atomic E-state index is 12.6. The second-order valence-electron chi connectivity index (χ2n) is 5.33. The lowest BCUT2D eigenvalue weighted by Crippen LogP contribution is -2.24. The fraction of sp³-hybridized carbons (Fsp3) is 0.312. The van der Waals surface area contributed by atoms with Crippen LogP contribution in [0.2, 0.25) is 0 Å². The zero-order valence-electron chi connectivity index (χ0n) is 12.9. The number of benzene rings is 1. The van der Waals surface area contributed by atoms with Crippen LogP contribution in [0, 0.1) is 0 Å². The molecule has 0 atom stereocenters. The number of nitrogens with zero attached hydrogens (tertiary/aromatic N) is 4. The van der Waals surface area contributed by atoms with E-state index in [1.54, 1.807) is 13.4 Å². The summed E-state index contributed by atoms with van der Waals surface area (Å²) in [6, 6.07) is 9.91. The van der Waals surface area contributed by atoms with Gasteiger partial charge in [0.05, 0.1) is 6.33 Å². The Hall–Kier alpha value is -2.67. The van der Waals surface area contributed by atoms with Crippen molar-refractivity contribution < 1.29 is 5.11 Å². The van der Waals surface area contributed by atoms with Gasteiger partial charge < -0.3 is 15.0 Å². The fourth-order valence-electron chi connectivity index (χ4n) is 2.44. The van der Waals surface area contributed by atoms with Crippen LogP contribution in [0.15, 0.2) is 41.5 Å². The van der Waals surface area contributed by atoms with Gasteiger partial charge in [-0.3, -0.25) is 9.36 Å². The van der Waals surface area contributed by atoms with E-state index in [1.807, 2.05) is 34.9 Å². The number of fused-ring (bicyclic) bond motifs is 1. The molecule has 0 saturated heterocycles. The summed E-state index contributed by atoms with van der Waals surface area (Å²) < 4.78 is 3.29. The summed E-state index contributed by atoms with van der Waals surface area (Å²) in [5.74, 6) is 0.459. The SMILES string of the molecule is Cn1c(NCCCO)nc2ncn(Cc3ccccc3)c2c1=O. The third-order valence-electron chi connectivity index (χ3n) is 3.67. The van der Waals surface area contributed by atoms with Crippen molar-refractivity contribution in [3.8, 4) is 0 Å². The first-order valence-electron chi connectivity index (χ1n) is 7.51. The first kappa shape index (κ1) is 15.2. The molecular formula is C16H19N5O2. The van der Waals surface area contributed by atoms with Gasteiger partial charge in [0, 0.05) is 26.7 Å². The minimum Gasteiger partial charge on any atom is -0.396 e. The van der Waals surface area contributed by atoms with Crippen LogP contribution in [-0.4, -0.2) is 37.4 Å². The van der Waals surface area contributed by atoms with E-state index in [9.17, 15) is 4.79 Å². The predicted molar refractivity (Wildman–Crippen MR) is 88.5 cm³/mol. The Kier molecular flexibility index (Phi) is 4.38. The first-order valence-corrected chi connectivity index (χ1v) is 7.51. The average Bonchev–Trinajstić information content (AvgIpc) is 2.96. The number of imidazole rings is 1. The summed E-state index contributed by atoms with van der Waals surface area (Å²) >= 11 is 0. The summed E-state index contributed by atoms with van der Waals surface area (Å²) in [7, 11) is 1.68. The van der Waals surface area contributed by atoms with Gasteiger partial charge in [0.25, 0.3) is 5.56 Å². The van der Waals surface area contributed by atoms with Gasteiger partial charge in [0.1, 0.15) is 0 Å². The molecule has 120 valence electrons. The van der Waals surface area contributed by atoms with Crippen molar-refractivity contribution in [3.63, 3.8) is 0 Å². The topological polar surface area (TPSA) is 85.0 Å². The fourth-order valence-corrected chi connectivity index (χ4v) is 2.44. The Balaban J connectivity index is 1.97. The number of nitrogens with one attached hydrogen (secondary N) is 1. The first-order chi connectivity index (χ1) is 11.2. The normalized spacial score (nSPS) is 11.0. The van der Waals surface area contributed by atoms with E-state index in [2.05, 4.69) is 15.3 Å². The van der Waals surface area contributed by atoms with E-state index < -0.39 is 0 Å². The molecule has 0 saturated carbocycles. The smallest absolute Gasteiger partial charge is 0.280 e. The van der Waals surface area contributed by atoms with E-state index in [-0.39, 0.29) is 12.2 Å². The molecule has 0 amide bonds. The van der Waals surface area contributed by atoms with Gasteiger partial charge in [-0.25, -0.2) is 4.98 Å². The molecule has 0 aliphatic rings. The highest BCUT2D eigenvalue weighted by Gasteiger charge is 2.13. The van der Waals surface area contributed by atoms with E-state index in [1.165, 1.54) is 4.57 Å². The highest BCUT2D eigenvalue weighted by atomic mass is 16.3. The highest BCUT2D eigenvalue weighted by molar-refractivity contribution is 5.71. The molecule has 0 unspecified atom stereocenters. The summed E-state index contributed by atoms with van der Waals surface area (Å²) in [4.78, 5) is 21.3. The number of aromatic nitrogens is 4. The van der Waals surface area contributed by atoms with E-state index in [4.69, 9.17) is 5.11 Å². The second-order valence-corrected chi connectivity index (χ2v) is 5.33. The number of hydrogen-bond donors (Lipinski definition) is 2.